The molecule has 0 aliphatic heterocycles. The Labute approximate surface area is 124 Å². The summed E-state index contributed by atoms with van der Waals surface area (Å²) in [6.07, 6.45) is 0. The highest BCUT2D eigenvalue weighted by Gasteiger charge is 2.21. The molecule has 1 aromatic heterocycles. The van der Waals surface area contributed by atoms with Crippen LogP contribution in [0, 0.1) is 0 Å². The van der Waals surface area contributed by atoms with E-state index in [0.717, 1.165) is 0 Å². The van der Waals surface area contributed by atoms with Gasteiger partial charge in [0.15, 0.2) is 0 Å². The molecule has 1 atom stereocenters. The van der Waals surface area contributed by atoms with Gasteiger partial charge in [0.1, 0.15) is 4.90 Å². The third-order valence-electron chi connectivity index (χ3n) is 2.99. The van der Waals surface area contributed by atoms with Gasteiger partial charge in [0.25, 0.3) is 0 Å². The molecule has 0 aliphatic rings. The molecule has 0 aliphatic carbocycles. The molecule has 1 unspecified atom stereocenters. The van der Waals surface area contributed by atoms with E-state index in [9.17, 15) is 8.42 Å². The fourth-order valence-corrected chi connectivity index (χ4v) is 3.63. The zero-order valence-corrected chi connectivity index (χ0v) is 13.3. The number of thiophene rings is 1. The van der Waals surface area contributed by atoms with Crippen molar-refractivity contribution in [2.24, 2.45) is 0 Å². The Morgan fingerprint density at radius 1 is 1.15 bits per heavy atom. The van der Waals surface area contributed by atoms with Gasteiger partial charge < -0.3 is 5.32 Å². The number of para-hydroxylation sites is 1. The quantitative estimate of drug-likeness (QED) is 0.923. The molecule has 2 rings (SSSR count). The lowest BCUT2D eigenvalue weighted by Crippen LogP contribution is -2.23. The Balaban J connectivity index is 2.34. The minimum absolute atomic E-state index is 0.0634. The van der Waals surface area contributed by atoms with E-state index >= 15 is 0 Å². The molecule has 0 fully saturated rings. The molecule has 6 heteroatoms. The van der Waals surface area contributed by atoms with Crippen LogP contribution < -0.4 is 5.32 Å². The Morgan fingerprint density at radius 2 is 1.85 bits per heavy atom. The Bertz CT molecular complexity index is 664. The number of hydrogen-bond acceptors (Lipinski definition) is 4. The van der Waals surface area contributed by atoms with E-state index in [1.54, 1.807) is 29.5 Å². The first kappa shape index (κ1) is 15.0. The lowest BCUT2D eigenvalue weighted by molar-refractivity contribution is 0.521. The van der Waals surface area contributed by atoms with Gasteiger partial charge in [-0.3, -0.25) is 0 Å². The zero-order chi connectivity index (χ0) is 14.8. The number of nitrogens with one attached hydrogen (secondary N) is 1. The van der Waals surface area contributed by atoms with Crippen LogP contribution in [0.4, 0.5) is 5.69 Å². The summed E-state index contributed by atoms with van der Waals surface area (Å²) in [6, 6.07) is 11.1. The van der Waals surface area contributed by atoms with Gasteiger partial charge in [0.2, 0.25) is 10.0 Å². The summed E-state index contributed by atoms with van der Waals surface area (Å²) in [5.41, 5.74) is 0.627. The SMILES string of the molecule is CC(Nc1ccccc1S(=O)(=O)N(C)C)c1cccs1. The number of benzene rings is 1. The average Bonchev–Trinajstić information content (AvgIpc) is 2.93. The Morgan fingerprint density at radius 3 is 2.45 bits per heavy atom. The minimum atomic E-state index is -3.45. The van der Waals surface area contributed by atoms with Gasteiger partial charge >= 0.3 is 0 Å². The van der Waals surface area contributed by atoms with Crippen LogP contribution in [0.3, 0.4) is 0 Å². The lowest BCUT2D eigenvalue weighted by atomic mass is 10.2. The molecule has 0 saturated heterocycles. The van der Waals surface area contributed by atoms with Gasteiger partial charge in [0.05, 0.1) is 11.7 Å². The molecule has 108 valence electrons. The molecular formula is C14H18N2O2S2. The standard InChI is InChI=1S/C14H18N2O2S2/c1-11(13-8-6-10-19-13)15-12-7-4-5-9-14(12)20(17,18)16(2)3/h4-11,15H,1-3H3. The first-order chi connectivity index (χ1) is 9.43. The van der Waals surface area contributed by atoms with Crippen molar-refractivity contribution in [2.45, 2.75) is 17.9 Å². The van der Waals surface area contributed by atoms with E-state index in [4.69, 9.17) is 0 Å². The van der Waals surface area contributed by atoms with Crippen LogP contribution in [-0.4, -0.2) is 26.8 Å². The zero-order valence-electron chi connectivity index (χ0n) is 11.7. The second-order valence-corrected chi connectivity index (χ2v) is 7.76. The van der Waals surface area contributed by atoms with Gasteiger partial charge in [-0.15, -0.1) is 11.3 Å². The van der Waals surface area contributed by atoms with E-state index in [0.29, 0.717) is 10.6 Å². The summed E-state index contributed by atoms with van der Waals surface area (Å²) in [5, 5.41) is 5.29. The highest BCUT2D eigenvalue weighted by Crippen LogP contribution is 2.28. The molecule has 1 aromatic carbocycles. The van der Waals surface area contributed by atoms with Gasteiger partial charge in [0, 0.05) is 19.0 Å². The smallest absolute Gasteiger partial charge is 0.244 e. The molecule has 0 radical (unpaired) electrons. The molecule has 0 spiro atoms. The third kappa shape index (κ3) is 3.03. The van der Waals surface area contributed by atoms with Crippen LogP contribution in [0.15, 0.2) is 46.7 Å². The summed E-state index contributed by atoms with van der Waals surface area (Å²) in [7, 11) is -0.375. The number of anilines is 1. The average molecular weight is 310 g/mol. The molecule has 0 saturated carbocycles. The second-order valence-electron chi connectivity index (χ2n) is 4.67. The second kappa shape index (κ2) is 5.95. The predicted octanol–water partition coefficient (Wildman–Crippen LogP) is 3.17. The molecule has 1 N–H and O–H groups in total. The summed E-state index contributed by atoms with van der Waals surface area (Å²) in [5.74, 6) is 0. The van der Waals surface area contributed by atoms with Crippen molar-refractivity contribution in [2.75, 3.05) is 19.4 Å². The van der Waals surface area contributed by atoms with Crippen LogP contribution in [0.5, 0.6) is 0 Å². The van der Waals surface area contributed by atoms with Crippen molar-refractivity contribution in [3.63, 3.8) is 0 Å². The van der Waals surface area contributed by atoms with E-state index < -0.39 is 10.0 Å². The first-order valence-electron chi connectivity index (χ1n) is 6.24. The molecule has 2 aromatic rings. The number of rotatable bonds is 5. The first-order valence-corrected chi connectivity index (χ1v) is 8.56. The van der Waals surface area contributed by atoms with E-state index in [-0.39, 0.29) is 6.04 Å². The molecule has 1 heterocycles. The van der Waals surface area contributed by atoms with Crippen molar-refractivity contribution in [1.29, 1.82) is 0 Å². The van der Waals surface area contributed by atoms with Gasteiger partial charge in [-0.1, -0.05) is 18.2 Å². The van der Waals surface area contributed by atoms with E-state index in [2.05, 4.69) is 5.32 Å². The van der Waals surface area contributed by atoms with Gasteiger partial charge in [-0.25, -0.2) is 12.7 Å². The summed E-state index contributed by atoms with van der Waals surface area (Å²) < 4.78 is 25.8. The maximum atomic E-state index is 12.3. The topological polar surface area (TPSA) is 49.4 Å². The normalized spacial score (nSPS) is 13.4. The van der Waals surface area contributed by atoms with Gasteiger partial charge in [-0.05, 0) is 30.5 Å². The Hall–Kier alpha value is -1.37. The van der Waals surface area contributed by atoms with Crippen molar-refractivity contribution in [1.82, 2.24) is 4.31 Å². The Kier molecular flexibility index (Phi) is 4.47. The van der Waals surface area contributed by atoms with Crippen molar-refractivity contribution >= 4 is 27.0 Å². The van der Waals surface area contributed by atoms with Crippen LogP contribution in [0.25, 0.3) is 0 Å². The monoisotopic (exact) mass is 310 g/mol. The molecule has 0 amide bonds. The largest absolute Gasteiger partial charge is 0.377 e. The van der Waals surface area contributed by atoms with Crippen LogP contribution in [0.2, 0.25) is 0 Å². The highest BCUT2D eigenvalue weighted by molar-refractivity contribution is 7.89. The molecule has 0 bridgehead atoms. The van der Waals surface area contributed by atoms with Crippen molar-refractivity contribution < 1.29 is 8.42 Å². The maximum Gasteiger partial charge on any atom is 0.244 e. The van der Waals surface area contributed by atoms with Crippen molar-refractivity contribution in [3.05, 3.63) is 46.7 Å². The van der Waals surface area contributed by atoms with E-state index in [1.165, 1.54) is 23.3 Å². The van der Waals surface area contributed by atoms with Crippen LogP contribution >= 0.6 is 11.3 Å². The lowest BCUT2D eigenvalue weighted by Gasteiger charge is -2.19. The van der Waals surface area contributed by atoms with E-state index in [1.807, 2.05) is 30.5 Å². The molecule has 20 heavy (non-hydrogen) atoms. The minimum Gasteiger partial charge on any atom is -0.377 e. The van der Waals surface area contributed by atoms with Crippen LogP contribution in [0.1, 0.15) is 17.8 Å². The number of nitrogens with zero attached hydrogens (tertiary/aromatic N) is 1. The predicted molar refractivity (Wildman–Crippen MR) is 83.7 cm³/mol. The number of hydrogen-bond donors (Lipinski definition) is 1. The summed E-state index contributed by atoms with van der Waals surface area (Å²) in [6.45, 7) is 2.02. The third-order valence-corrected chi connectivity index (χ3v) is 5.92. The van der Waals surface area contributed by atoms with Gasteiger partial charge in [-0.2, -0.15) is 0 Å². The molecule has 4 nitrogen and oxygen atoms in total. The maximum absolute atomic E-state index is 12.3. The van der Waals surface area contributed by atoms with Crippen LogP contribution in [-0.2, 0) is 10.0 Å². The highest BCUT2D eigenvalue weighted by atomic mass is 32.2. The number of sulfonamides is 1. The summed E-state index contributed by atoms with van der Waals surface area (Å²) >= 11 is 1.65. The fourth-order valence-electron chi connectivity index (χ4n) is 1.85. The molecular weight excluding hydrogens is 292 g/mol. The van der Waals surface area contributed by atoms with Crippen molar-refractivity contribution in [3.8, 4) is 0 Å². The fraction of sp³-hybridized carbons (Fsp3) is 0.286. The summed E-state index contributed by atoms with van der Waals surface area (Å²) in [4.78, 5) is 1.47.